The van der Waals surface area contributed by atoms with Crippen LogP contribution in [0.1, 0.15) is 27.2 Å². The average Bonchev–Trinajstić information content (AvgIpc) is 2.60. The van der Waals surface area contributed by atoms with E-state index in [0.717, 1.165) is 16.5 Å². The first kappa shape index (κ1) is 12.4. The van der Waals surface area contributed by atoms with E-state index in [0.29, 0.717) is 17.9 Å². The lowest BCUT2D eigenvalue weighted by molar-refractivity contribution is 0.537. The zero-order valence-corrected chi connectivity index (χ0v) is 11.9. The number of hydrogen-bond donors (Lipinski definition) is 1. The van der Waals surface area contributed by atoms with Crippen LogP contribution in [-0.4, -0.2) is 20.6 Å². The number of aromatic nitrogens is 3. The average molecular weight is 297 g/mol. The Morgan fingerprint density at radius 1 is 1.41 bits per heavy atom. The Kier molecular flexibility index (Phi) is 3.66. The van der Waals surface area contributed by atoms with E-state index in [2.05, 4.69) is 52.1 Å². The SMILES string of the molecule is CC(C)CC(C)Nc1nc2c(Br)cccn2n1. The number of pyridine rings is 1. The third-order valence-electron chi connectivity index (χ3n) is 2.52. The molecule has 17 heavy (non-hydrogen) atoms. The van der Waals surface area contributed by atoms with Crippen molar-refractivity contribution in [3.8, 4) is 0 Å². The molecule has 1 atom stereocenters. The largest absolute Gasteiger partial charge is 0.350 e. The van der Waals surface area contributed by atoms with Crippen LogP contribution in [0.25, 0.3) is 5.65 Å². The summed E-state index contributed by atoms with van der Waals surface area (Å²) in [5.41, 5.74) is 0.840. The second-order valence-corrected chi connectivity index (χ2v) is 5.59. The van der Waals surface area contributed by atoms with E-state index in [1.54, 1.807) is 4.52 Å². The normalized spacial score (nSPS) is 13.2. The summed E-state index contributed by atoms with van der Waals surface area (Å²) in [5.74, 6) is 1.35. The molecule has 0 fully saturated rings. The monoisotopic (exact) mass is 296 g/mol. The van der Waals surface area contributed by atoms with Crippen molar-refractivity contribution in [3.63, 3.8) is 0 Å². The molecular weight excluding hydrogens is 280 g/mol. The number of fused-ring (bicyclic) bond motifs is 1. The third-order valence-corrected chi connectivity index (χ3v) is 3.13. The number of rotatable bonds is 4. The highest BCUT2D eigenvalue weighted by Crippen LogP contribution is 2.17. The summed E-state index contributed by atoms with van der Waals surface area (Å²) in [7, 11) is 0. The van der Waals surface area contributed by atoms with Crippen molar-refractivity contribution in [2.24, 2.45) is 5.92 Å². The molecule has 92 valence electrons. The van der Waals surface area contributed by atoms with Crippen LogP contribution in [0.3, 0.4) is 0 Å². The van der Waals surface area contributed by atoms with Gasteiger partial charge in [0, 0.05) is 12.2 Å². The molecule has 2 heterocycles. The van der Waals surface area contributed by atoms with E-state index in [1.165, 1.54) is 0 Å². The first-order valence-electron chi connectivity index (χ1n) is 5.83. The first-order valence-corrected chi connectivity index (χ1v) is 6.63. The van der Waals surface area contributed by atoms with Gasteiger partial charge in [0.1, 0.15) is 0 Å². The van der Waals surface area contributed by atoms with Crippen molar-refractivity contribution in [1.82, 2.24) is 14.6 Å². The van der Waals surface area contributed by atoms with Crippen molar-refractivity contribution in [2.75, 3.05) is 5.32 Å². The molecular formula is C12H17BrN4. The Labute approximate surface area is 110 Å². The zero-order chi connectivity index (χ0) is 12.4. The van der Waals surface area contributed by atoms with Gasteiger partial charge in [-0.3, -0.25) is 0 Å². The fourth-order valence-electron chi connectivity index (χ4n) is 1.92. The molecule has 5 heteroatoms. The molecule has 1 unspecified atom stereocenters. The van der Waals surface area contributed by atoms with Gasteiger partial charge >= 0.3 is 0 Å². The maximum Gasteiger partial charge on any atom is 0.243 e. The van der Waals surface area contributed by atoms with Crippen LogP contribution in [-0.2, 0) is 0 Å². The van der Waals surface area contributed by atoms with Crippen LogP contribution in [0, 0.1) is 5.92 Å². The predicted octanol–water partition coefficient (Wildman–Crippen LogP) is 3.34. The van der Waals surface area contributed by atoms with Gasteiger partial charge < -0.3 is 5.32 Å². The van der Waals surface area contributed by atoms with Crippen molar-refractivity contribution in [2.45, 2.75) is 33.2 Å². The number of anilines is 1. The summed E-state index contributed by atoms with van der Waals surface area (Å²) in [5, 5.41) is 7.71. The van der Waals surface area contributed by atoms with Crippen molar-refractivity contribution >= 4 is 27.5 Å². The van der Waals surface area contributed by atoms with Gasteiger partial charge in [0.15, 0.2) is 5.65 Å². The maximum absolute atomic E-state index is 4.45. The number of nitrogens with zero attached hydrogens (tertiary/aromatic N) is 3. The number of hydrogen-bond acceptors (Lipinski definition) is 3. The highest BCUT2D eigenvalue weighted by Gasteiger charge is 2.10. The highest BCUT2D eigenvalue weighted by atomic mass is 79.9. The molecule has 4 nitrogen and oxygen atoms in total. The predicted molar refractivity (Wildman–Crippen MR) is 73.2 cm³/mol. The third kappa shape index (κ3) is 2.97. The summed E-state index contributed by atoms with van der Waals surface area (Å²) in [6.45, 7) is 6.58. The van der Waals surface area contributed by atoms with E-state index in [4.69, 9.17) is 0 Å². The summed E-state index contributed by atoms with van der Waals surface area (Å²) in [6.07, 6.45) is 3.00. The Balaban J connectivity index is 2.17. The Morgan fingerprint density at radius 3 is 2.82 bits per heavy atom. The molecule has 0 radical (unpaired) electrons. The second kappa shape index (κ2) is 5.04. The number of nitrogens with one attached hydrogen (secondary N) is 1. The zero-order valence-electron chi connectivity index (χ0n) is 10.3. The fourth-order valence-corrected chi connectivity index (χ4v) is 2.34. The van der Waals surface area contributed by atoms with Gasteiger partial charge in [0.25, 0.3) is 0 Å². The van der Waals surface area contributed by atoms with E-state index < -0.39 is 0 Å². The van der Waals surface area contributed by atoms with Gasteiger partial charge in [0.2, 0.25) is 5.95 Å². The van der Waals surface area contributed by atoms with Crippen LogP contribution < -0.4 is 5.32 Å². The van der Waals surface area contributed by atoms with Crippen molar-refractivity contribution < 1.29 is 0 Å². The molecule has 0 bridgehead atoms. The molecule has 0 aliphatic carbocycles. The van der Waals surface area contributed by atoms with Crippen LogP contribution in [0.2, 0.25) is 0 Å². The van der Waals surface area contributed by atoms with Crippen LogP contribution >= 0.6 is 15.9 Å². The van der Waals surface area contributed by atoms with E-state index in [-0.39, 0.29) is 0 Å². The summed E-state index contributed by atoms with van der Waals surface area (Å²) >= 11 is 3.47. The minimum Gasteiger partial charge on any atom is -0.350 e. The lowest BCUT2D eigenvalue weighted by Crippen LogP contribution is -2.18. The molecule has 2 aromatic rings. The maximum atomic E-state index is 4.45. The van der Waals surface area contributed by atoms with Crippen LogP contribution in [0.4, 0.5) is 5.95 Å². The van der Waals surface area contributed by atoms with E-state index in [1.807, 2.05) is 18.3 Å². The molecule has 2 aromatic heterocycles. The number of halogens is 1. The van der Waals surface area contributed by atoms with Gasteiger partial charge in [-0.2, -0.15) is 4.98 Å². The van der Waals surface area contributed by atoms with Gasteiger partial charge in [-0.25, -0.2) is 4.52 Å². The Morgan fingerprint density at radius 2 is 2.18 bits per heavy atom. The molecule has 0 aliphatic rings. The first-order chi connectivity index (χ1) is 8.06. The van der Waals surface area contributed by atoms with Gasteiger partial charge in [-0.15, -0.1) is 5.10 Å². The summed E-state index contributed by atoms with van der Waals surface area (Å²) in [6, 6.07) is 4.28. The van der Waals surface area contributed by atoms with Gasteiger partial charge in [-0.05, 0) is 47.3 Å². The summed E-state index contributed by atoms with van der Waals surface area (Å²) in [4.78, 5) is 4.45. The molecule has 0 saturated heterocycles. The minimum absolute atomic E-state index is 0.381. The Bertz CT molecular complexity index is 506. The van der Waals surface area contributed by atoms with Gasteiger partial charge in [0.05, 0.1) is 4.47 Å². The minimum atomic E-state index is 0.381. The smallest absolute Gasteiger partial charge is 0.243 e. The van der Waals surface area contributed by atoms with Crippen molar-refractivity contribution in [1.29, 1.82) is 0 Å². The topological polar surface area (TPSA) is 42.2 Å². The molecule has 0 spiro atoms. The molecule has 0 amide bonds. The van der Waals surface area contributed by atoms with Crippen LogP contribution in [0.15, 0.2) is 22.8 Å². The standard InChI is InChI=1S/C12H17BrN4/c1-8(2)7-9(3)14-12-15-11-10(13)5-4-6-17(11)16-12/h4-6,8-9H,7H2,1-3H3,(H,14,16). The fraction of sp³-hybridized carbons (Fsp3) is 0.500. The molecule has 2 rings (SSSR count). The quantitative estimate of drug-likeness (QED) is 0.941. The van der Waals surface area contributed by atoms with Gasteiger partial charge in [-0.1, -0.05) is 13.8 Å². The highest BCUT2D eigenvalue weighted by molar-refractivity contribution is 9.10. The lowest BCUT2D eigenvalue weighted by Gasteiger charge is -2.13. The summed E-state index contributed by atoms with van der Waals surface area (Å²) < 4.78 is 2.73. The van der Waals surface area contributed by atoms with Crippen LogP contribution in [0.5, 0.6) is 0 Å². The van der Waals surface area contributed by atoms with E-state index in [9.17, 15) is 0 Å². The lowest BCUT2D eigenvalue weighted by atomic mass is 10.1. The molecule has 0 aliphatic heterocycles. The molecule has 0 saturated carbocycles. The second-order valence-electron chi connectivity index (χ2n) is 4.73. The molecule has 1 N–H and O–H groups in total. The van der Waals surface area contributed by atoms with Crippen molar-refractivity contribution in [3.05, 3.63) is 22.8 Å². The Hall–Kier alpha value is -1.10. The van der Waals surface area contributed by atoms with E-state index >= 15 is 0 Å². The molecule has 0 aromatic carbocycles.